The van der Waals surface area contributed by atoms with Crippen molar-refractivity contribution in [2.45, 2.75) is 4.90 Å². The molecule has 11 heteroatoms. The zero-order valence-electron chi connectivity index (χ0n) is 14.9. The van der Waals surface area contributed by atoms with Crippen LogP contribution in [-0.4, -0.2) is 31.5 Å². The van der Waals surface area contributed by atoms with Crippen molar-refractivity contribution < 1.29 is 32.4 Å². The molecule has 0 aliphatic heterocycles. The van der Waals surface area contributed by atoms with Crippen LogP contribution >= 0.6 is 0 Å². The van der Waals surface area contributed by atoms with Gasteiger partial charge in [0.15, 0.2) is 4.90 Å². The molecule has 0 spiro atoms. The number of nitro groups is 1. The van der Waals surface area contributed by atoms with Crippen LogP contribution in [0.3, 0.4) is 0 Å². The maximum absolute atomic E-state index is 12.8. The summed E-state index contributed by atoms with van der Waals surface area (Å²) < 4.78 is 38.2. The SMILES string of the molecule is COc1ccc(-c2ccc(C(=O)O)o2)cc1NS(=O)(=O)c1ccccc1[N+](=O)[O-]. The van der Waals surface area contributed by atoms with Gasteiger partial charge in [-0.25, -0.2) is 13.2 Å². The van der Waals surface area contributed by atoms with Gasteiger partial charge in [-0.15, -0.1) is 0 Å². The quantitative estimate of drug-likeness (QED) is 0.438. The number of anilines is 1. The molecule has 0 saturated carbocycles. The van der Waals surface area contributed by atoms with E-state index in [1.54, 1.807) is 6.07 Å². The lowest BCUT2D eigenvalue weighted by molar-refractivity contribution is -0.387. The van der Waals surface area contributed by atoms with Gasteiger partial charge in [-0.3, -0.25) is 14.8 Å². The number of ether oxygens (including phenoxy) is 1. The van der Waals surface area contributed by atoms with Crippen molar-refractivity contribution in [3.05, 3.63) is 70.5 Å². The lowest BCUT2D eigenvalue weighted by Gasteiger charge is -2.13. The van der Waals surface area contributed by atoms with Gasteiger partial charge in [0.1, 0.15) is 11.5 Å². The Labute approximate surface area is 164 Å². The Morgan fingerprint density at radius 1 is 1.17 bits per heavy atom. The summed E-state index contributed by atoms with van der Waals surface area (Å²) in [7, 11) is -3.00. The molecule has 3 aromatic rings. The summed E-state index contributed by atoms with van der Waals surface area (Å²) >= 11 is 0. The highest BCUT2D eigenvalue weighted by Crippen LogP contribution is 2.34. The maximum atomic E-state index is 12.8. The van der Waals surface area contributed by atoms with Gasteiger partial charge in [0.2, 0.25) is 5.76 Å². The lowest BCUT2D eigenvalue weighted by Crippen LogP contribution is -2.15. The van der Waals surface area contributed by atoms with Gasteiger partial charge < -0.3 is 14.3 Å². The first-order valence-corrected chi connectivity index (χ1v) is 9.49. The van der Waals surface area contributed by atoms with E-state index in [0.29, 0.717) is 5.56 Å². The summed E-state index contributed by atoms with van der Waals surface area (Å²) in [5, 5.41) is 20.1. The van der Waals surface area contributed by atoms with E-state index in [1.165, 1.54) is 43.5 Å². The molecule has 3 rings (SSSR count). The first kappa shape index (κ1) is 19.9. The minimum atomic E-state index is -4.33. The predicted octanol–water partition coefficient (Wildman–Crippen LogP) is 3.36. The van der Waals surface area contributed by atoms with Crippen LogP contribution in [0.5, 0.6) is 5.75 Å². The summed E-state index contributed by atoms with van der Waals surface area (Å²) in [6.45, 7) is 0. The summed E-state index contributed by atoms with van der Waals surface area (Å²) in [4.78, 5) is 20.8. The van der Waals surface area contributed by atoms with Gasteiger partial charge in [0.05, 0.1) is 17.7 Å². The Morgan fingerprint density at radius 2 is 1.90 bits per heavy atom. The third-order valence-corrected chi connectivity index (χ3v) is 5.31. The standard InChI is InChI=1S/C18H14N2O8S/c1-27-15-7-6-11(14-8-9-16(28-14)18(21)22)10-12(15)19-29(25,26)17-5-3-2-4-13(17)20(23)24/h2-10,19H,1H3,(H,21,22). The number of carbonyl (C=O) groups is 1. The molecule has 0 amide bonds. The highest BCUT2D eigenvalue weighted by molar-refractivity contribution is 7.92. The molecular formula is C18H14N2O8S. The third-order valence-electron chi connectivity index (χ3n) is 3.90. The molecule has 1 aromatic heterocycles. The largest absolute Gasteiger partial charge is 0.495 e. The second kappa shape index (κ2) is 7.64. The number of nitrogens with one attached hydrogen (secondary N) is 1. The Balaban J connectivity index is 2.04. The van der Waals surface area contributed by atoms with Crippen LogP contribution in [0.2, 0.25) is 0 Å². The average Bonchev–Trinajstić information content (AvgIpc) is 3.18. The molecule has 0 unspecified atom stereocenters. The van der Waals surface area contributed by atoms with Gasteiger partial charge in [0.25, 0.3) is 15.7 Å². The van der Waals surface area contributed by atoms with E-state index in [1.807, 2.05) is 0 Å². The molecule has 1 heterocycles. The second-order valence-corrected chi connectivity index (χ2v) is 7.37. The van der Waals surface area contributed by atoms with Crippen LogP contribution in [0.25, 0.3) is 11.3 Å². The number of aromatic carboxylic acids is 1. The lowest BCUT2D eigenvalue weighted by atomic mass is 10.1. The van der Waals surface area contributed by atoms with Gasteiger partial charge in [-0.05, 0) is 36.4 Å². The molecule has 2 aromatic carbocycles. The number of carboxylic acids is 1. The summed E-state index contributed by atoms with van der Waals surface area (Å²) in [5.74, 6) is -1.18. The highest BCUT2D eigenvalue weighted by Gasteiger charge is 2.26. The fourth-order valence-electron chi connectivity index (χ4n) is 2.58. The van der Waals surface area contributed by atoms with Crippen LogP contribution in [0.15, 0.2) is 63.9 Å². The van der Waals surface area contributed by atoms with E-state index in [2.05, 4.69) is 4.72 Å². The van der Waals surface area contributed by atoms with E-state index in [4.69, 9.17) is 14.3 Å². The van der Waals surface area contributed by atoms with Crippen molar-refractivity contribution in [1.82, 2.24) is 0 Å². The van der Waals surface area contributed by atoms with E-state index in [-0.39, 0.29) is 23.0 Å². The van der Waals surface area contributed by atoms with Crippen LogP contribution < -0.4 is 9.46 Å². The van der Waals surface area contributed by atoms with Crippen molar-refractivity contribution in [2.75, 3.05) is 11.8 Å². The fourth-order valence-corrected chi connectivity index (χ4v) is 3.82. The molecule has 2 N–H and O–H groups in total. The normalized spacial score (nSPS) is 11.1. The van der Waals surface area contributed by atoms with Crippen LogP contribution in [0.4, 0.5) is 11.4 Å². The number of para-hydroxylation sites is 1. The minimum absolute atomic E-state index is 0.00331. The van der Waals surface area contributed by atoms with Crippen LogP contribution in [0.1, 0.15) is 10.6 Å². The van der Waals surface area contributed by atoms with Crippen molar-refractivity contribution >= 4 is 27.4 Å². The fraction of sp³-hybridized carbons (Fsp3) is 0.0556. The molecule has 29 heavy (non-hydrogen) atoms. The average molecular weight is 418 g/mol. The number of nitrogens with zero attached hydrogens (tertiary/aromatic N) is 1. The molecule has 0 radical (unpaired) electrons. The van der Waals surface area contributed by atoms with Gasteiger partial charge in [-0.2, -0.15) is 0 Å². The Hall–Kier alpha value is -3.86. The number of rotatable bonds is 7. The predicted molar refractivity (Wildman–Crippen MR) is 102 cm³/mol. The highest BCUT2D eigenvalue weighted by atomic mass is 32.2. The molecular weight excluding hydrogens is 404 g/mol. The van der Waals surface area contributed by atoms with E-state index < -0.39 is 31.5 Å². The molecule has 0 aliphatic rings. The Morgan fingerprint density at radius 3 is 2.52 bits per heavy atom. The van der Waals surface area contributed by atoms with E-state index in [0.717, 1.165) is 12.1 Å². The molecule has 0 bridgehead atoms. The van der Waals surface area contributed by atoms with Gasteiger partial charge in [0, 0.05) is 11.6 Å². The zero-order chi connectivity index (χ0) is 21.2. The number of furan rings is 1. The summed E-state index contributed by atoms with van der Waals surface area (Å²) in [6, 6.07) is 12.0. The third kappa shape index (κ3) is 4.04. The summed E-state index contributed by atoms with van der Waals surface area (Å²) in [5.41, 5.74) is -0.206. The number of benzene rings is 2. The number of hydrogen-bond donors (Lipinski definition) is 2. The number of sulfonamides is 1. The summed E-state index contributed by atoms with van der Waals surface area (Å²) in [6.07, 6.45) is 0. The van der Waals surface area contributed by atoms with E-state index in [9.17, 15) is 23.3 Å². The molecule has 150 valence electrons. The molecule has 0 saturated heterocycles. The molecule has 0 fully saturated rings. The smallest absolute Gasteiger partial charge is 0.371 e. The van der Waals surface area contributed by atoms with Crippen LogP contribution in [0, 0.1) is 10.1 Å². The van der Waals surface area contributed by atoms with Crippen molar-refractivity contribution in [1.29, 1.82) is 0 Å². The first-order valence-electron chi connectivity index (χ1n) is 8.00. The monoisotopic (exact) mass is 418 g/mol. The van der Waals surface area contributed by atoms with Crippen molar-refractivity contribution in [3.63, 3.8) is 0 Å². The number of hydrogen-bond acceptors (Lipinski definition) is 7. The number of methoxy groups -OCH3 is 1. The second-order valence-electron chi connectivity index (χ2n) is 5.71. The van der Waals surface area contributed by atoms with Crippen molar-refractivity contribution in [3.8, 4) is 17.1 Å². The van der Waals surface area contributed by atoms with Crippen LogP contribution in [-0.2, 0) is 10.0 Å². The molecule has 10 nitrogen and oxygen atoms in total. The Bertz CT molecular complexity index is 1200. The topological polar surface area (TPSA) is 149 Å². The van der Waals surface area contributed by atoms with Gasteiger partial charge >= 0.3 is 5.97 Å². The number of nitro benzene ring substituents is 1. The van der Waals surface area contributed by atoms with Gasteiger partial charge in [-0.1, -0.05) is 12.1 Å². The minimum Gasteiger partial charge on any atom is -0.495 e. The zero-order valence-corrected chi connectivity index (χ0v) is 15.7. The Kier molecular flexibility index (Phi) is 5.24. The molecule has 0 atom stereocenters. The van der Waals surface area contributed by atoms with E-state index >= 15 is 0 Å². The first-order chi connectivity index (χ1) is 13.7. The van der Waals surface area contributed by atoms with Crippen molar-refractivity contribution in [2.24, 2.45) is 0 Å². The maximum Gasteiger partial charge on any atom is 0.371 e. The molecule has 0 aliphatic carbocycles. The number of carboxylic acid groups (broad SMARTS) is 1.